The van der Waals surface area contributed by atoms with Gasteiger partial charge in [-0.1, -0.05) is 97.1 Å². The van der Waals surface area contributed by atoms with E-state index in [0.29, 0.717) is 0 Å². The number of hydrogen-bond acceptors (Lipinski definition) is 4. The van der Waals surface area contributed by atoms with Crippen molar-refractivity contribution in [3.63, 3.8) is 0 Å². The number of para-hydroxylation sites is 2. The Labute approximate surface area is 238 Å². The Hall–Kier alpha value is -5.61. The summed E-state index contributed by atoms with van der Waals surface area (Å²) in [6.45, 7) is 0. The molecule has 41 heavy (non-hydrogen) atoms. The highest BCUT2D eigenvalue weighted by molar-refractivity contribution is 6.12. The largest absolute Gasteiger partial charge is 0.294 e. The summed E-state index contributed by atoms with van der Waals surface area (Å²) in [5.41, 5.74) is 11.6. The van der Waals surface area contributed by atoms with E-state index in [2.05, 4.69) is 126 Å². The molecule has 0 amide bonds. The highest BCUT2D eigenvalue weighted by Gasteiger charge is 2.28. The van der Waals surface area contributed by atoms with Crippen molar-refractivity contribution in [2.75, 3.05) is 4.90 Å². The third-order valence-corrected chi connectivity index (χ3v) is 7.68. The first-order chi connectivity index (χ1) is 20.3. The monoisotopic (exact) mass is 524 g/mol. The minimum Gasteiger partial charge on any atom is -0.294 e. The van der Waals surface area contributed by atoms with E-state index in [0.717, 1.165) is 72.9 Å². The van der Waals surface area contributed by atoms with Crippen LogP contribution in [0.1, 0.15) is 0 Å². The topological polar surface area (TPSA) is 41.9 Å². The molecule has 7 aromatic rings. The summed E-state index contributed by atoms with van der Waals surface area (Å²) in [5, 5.41) is 1.04. The molecule has 8 rings (SSSR count). The molecule has 4 heteroatoms. The summed E-state index contributed by atoms with van der Waals surface area (Å²) in [4.78, 5) is 17.0. The fraction of sp³-hybridized carbons (Fsp3) is 0. The lowest BCUT2D eigenvalue weighted by Gasteiger charge is -2.32. The Morgan fingerprint density at radius 2 is 1.10 bits per heavy atom. The second kappa shape index (κ2) is 9.54. The normalized spacial score (nSPS) is 11.9. The third-order valence-electron chi connectivity index (χ3n) is 7.68. The van der Waals surface area contributed by atoms with Crippen molar-refractivity contribution in [1.29, 1.82) is 0 Å². The zero-order valence-electron chi connectivity index (χ0n) is 22.1. The molecule has 0 fully saturated rings. The number of aromatic nitrogens is 3. The first kappa shape index (κ1) is 23.3. The van der Waals surface area contributed by atoms with Gasteiger partial charge in [0.1, 0.15) is 12.1 Å². The Morgan fingerprint density at radius 1 is 0.463 bits per heavy atom. The van der Waals surface area contributed by atoms with Crippen molar-refractivity contribution in [2.24, 2.45) is 0 Å². The fourth-order valence-electron chi connectivity index (χ4n) is 5.79. The van der Waals surface area contributed by atoms with E-state index in [1.807, 2.05) is 18.2 Å². The smallest absolute Gasteiger partial charge is 0.149 e. The van der Waals surface area contributed by atoms with Crippen LogP contribution in [0.5, 0.6) is 0 Å². The van der Waals surface area contributed by atoms with E-state index < -0.39 is 0 Å². The van der Waals surface area contributed by atoms with Crippen LogP contribution < -0.4 is 4.90 Å². The van der Waals surface area contributed by atoms with Crippen LogP contribution in [0, 0.1) is 0 Å². The van der Waals surface area contributed by atoms with Crippen LogP contribution in [0.25, 0.3) is 55.7 Å². The second-order valence-corrected chi connectivity index (χ2v) is 10.2. The molecule has 0 atom stereocenters. The molecular formula is C37H24N4. The number of benzene rings is 5. The summed E-state index contributed by atoms with van der Waals surface area (Å²) in [7, 11) is 0. The maximum Gasteiger partial charge on any atom is 0.149 e. The molecule has 2 aromatic heterocycles. The zero-order chi connectivity index (χ0) is 27.2. The van der Waals surface area contributed by atoms with Crippen molar-refractivity contribution in [3.8, 4) is 44.8 Å². The third kappa shape index (κ3) is 3.97. The standard InChI is InChI=1S/C37H24N4/c1-4-12-25(13-5-1)27-21-32(26-14-6-2-7-15-26)40-33(22-27)28-20-31-30-18-10-11-19-35(30)41(29-16-8-3-9-17-29)37-36(31)34(23-28)38-24-39-37/h1-24H. The van der Waals surface area contributed by atoms with Gasteiger partial charge in [0.15, 0.2) is 0 Å². The number of fused-ring (bicyclic) bond motifs is 2. The summed E-state index contributed by atoms with van der Waals surface area (Å²) in [6.07, 6.45) is 1.66. The van der Waals surface area contributed by atoms with Crippen LogP contribution >= 0.6 is 0 Å². The van der Waals surface area contributed by atoms with Crippen molar-refractivity contribution >= 4 is 28.1 Å². The number of anilines is 3. The maximum absolute atomic E-state index is 5.19. The lowest BCUT2D eigenvalue weighted by molar-refractivity contribution is 1.14. The lowest BCUT2D eigenvalue weighted by Crippen LogP contribution is -2.16. The fourth-order valence-corrected chi connectivity index (χ4v) is 5.79. The van der Waals surface area contributed by atoms with Crippen LogP contribution in [0.2, 0.25) is 0 Å². The number of pyridine rings is 1. The quantitative estimate of drug-likeness (QED) is 0.230. The van der Waals surface area contributed by atoms with Gasteiger partial charge in [-0.15, -0.1) is 0 Å². The predicted octanol–water partition coefficient (Wildman–Crippen LogP) is 9.48. The van der Waals surface area contributed by atoms with Gasteiger partial charge in [0, 0.05) is 22.4 Å². The Kier molecular flexibility index (Phi) is 5.42. The Balaban J connectivity index is 1.38. The second-order valence-electron chi connectivity index (χ2n) is 10.2. The molecule has 1 aliphatic rings. The van der Waals surface area contributed by atoms with Crippen LogP contribution in [0.4, 0.5) is 17.2 Å². The molecule has 3 heterocycles. The SMILES string of the molecule is c1ccc(-c2cc(-c3ccccc3)nc(-c3cc4c5c(ncnc5c3)N(c3ccccc3)c3ccccc3-4)c2)cc1. The molecule has 0 unspecified atom stereocenters. The molecule has 0 saturated carbocycles. The average molecular weight is 525 g/mol. The number of nitrogens with zero attached hydrogens (tertiary/aromatic N) is 4. The van der Waals surface area contributed by atoms with Gasteiger partial charge < -0.3 is 0 Å². The Bertz CT molecular complexity index is 1980. The first-order valence-corrected chi connectivity index (χ1v) is 13.7. The Morgan fingerprint density at radius 3 is 1.85 bits per heavy atom. The predicted molar refractivity (Wildman–Crippen MR) is 167 cm³/mol. The molecule has 1 aliphatic heterocycles. The van der Waals surface area contributed by atoms with Gasteiger partial charge in [-0.05, 0) is 59.2 Å². The number of rotatable bonds is 4. The van der Waals surface area contributed by atoms with Gasteiger partial charge in [0.25, 0.3) is 0 Å². The van der Waals surface area contributed by atoms with Crippen LogP contribution in [-0.4, -0.2) is 15.0 Å². The average Bonchev–Trinajstić information content (AvgIpc) is 3.06. The molecule has 0 N–H and O–H groups in total. The molecule has 0 aliphatic carbocycles. The summed E-state index contributed by atoms with van der Waals surface area (Å²) in [5.74, 6) is 0.887. The first-order valence-electron chi connectivity index (χ1n) is 13.7. The molecule has 192 valence electrons. The van der Waals surface area contributed by atoms with Gasteiger partial charge >= 0.3 is 0 Å². The van der Waals surface area contributed by atoms with E-state index >= 15 is 0 Å². The minimum absolute atomic E-state index is 0.887. The maximum atomic E-state index is 5.19. The van der Waals surface area contributed by atoms with Crippen LogP contribution in [-0.2, 0) is 0 Å². The molecule has 0 spiro atoms. The molecule has 5 aromatic carbocycles. The van der Waals surface area contributed by atoms with Gasteiger partial charge in [0.05, 0.1) is 28.0 Å². The van der Waals surface area contributed by atoms with Crippen molar-refractivity contribution in [3.05, 3.63) is 146 Å². The van der Waals surface area contributed by atoms with Gasteiger partial charge in [-0.2, -0.15) is 0 Å². The zero-order valence-corrected chi connectivity index (χ0v) is 22.1. The van der Waals surface area contributed by atoms with E-state index in [-0.39, 0.29) is 0 Å². The summed E-state index contributed by atoms with van der Waals surface area (Å²) in [6, 6.07) is 48.5. The summed E-state index contributed by atoms with van der Waals surface area (Å²) < 4.78 is 0. The van der Waals surface area contributed by atoms with Gasteiger partial charge in [-0.3, -0.25) is 4.90 Å². The summed E-state index contributed by atoms with van der Waals surface area (Å²) >= 11 is 0. The van der Waals surface area contributed by atoms with E-state index in [1.54, 1.807) is 6.33 Å². The van der Waals surface area contributed by atoms with Gasteiger partial charge in [-0.25, -0.2) is 15.0 Å². The van der Waals surface area contributed by atoms with E-state index in [9.17, 15) is 0 Å². The molecule has 0 radical (unpaired) electrons. The molecule has 0 saturated heterocycles. The minimum atomic E-state index is 0.887. The van der Waals surface area contributed by atoms with E-state index in [4.69, 9.17) is 15.0 Å². The van der Waals surface area contributed by atoms with Crippen LogP contribution in [0.15, 0.2) is 146 Å². The molecule has 4 nitrogen and oxygen atoms in total. The molecule has 0 bridgehead atoms. The van der Waals surface area contributed by atoms with Crippen molar-refractivity contribution in [2.45, 2.75) is 0 Å². The van der Waals surface area contributed by atoms with Crippen molar-refractivity contribution < 1.29 is 0 Å². The van der Waals surface area contributed by atoms with Gasteiger partial charge in [0.2, 0.25) is 0 Å². The van der Waals surface area contributed by atoms with Crippen LogP contribution in [0.3, 0.4) is 0 Å². The van der Waals surface area contributed by atoms with Crippen molar-refractivity contribution in [1.82, 2.24) is 15.0 Å². The highest BCUT2D eigenvalue weighted by atomic mass is 15.2. The number of hydrogen-bond donors (Lipinski definition) is 0. The highest BCUT2D eigenvalue weighted by Crippen LogP contribution is 2.50. The van der Waals surface area contributed by atoms with E-state index in [1.165, 1.54) is 0 Å². The molecular weight excluding hydrogens is 500 g/mol. The lowest BCUT2D eigenvalue weighted by atomic mass is 9.91.